The molecule has 0 saturated heterocycles. The molecule has 0 aliphatic carbocycles. The fourth-order valence-electron chi connectivity index (χ4n) is 1.30. The highest BCUT2D eigenvalue weighted by molar-refractivity contribution is 5.97. The van der Waals surface area contributed by atoms with Crippen LogP contribution in [0, 0.1) is 0 Å². The molecule has 1 aromatic rings. The maximum atomic E-state index is 11.7. The molecule has 86 valence electrons. The largest absolute Gasteiger partial charge is 0.350 e. The van der Waals surface area contributed by atoms with Gasteiger partial charge in [0.25, 0.3) is 0 Å². The molecular formula is C14H19NO. The van der Waals surface area contributed by atoms with Crippen LogP contribution >= 0.6 is 0 Å². The molecule has 0 radical (unpaired) electrons. The number of carbonyl (C=O) groups excluding carboxylic acids is 1. The van der Waals surface area contributed by atoms with E-state index in [2.05, 4.69) is 12.2 Å². The summed E-state index contributed by atoms with van der Waals surface area (Å²) in [6.07, 6.45) is 2.85. The SMILES string of the molecule is CCC(C)NC(=O)/C(C)=C/c1ccccc1. The summed E-state index contributed by atoms with van der Waals surface area (Å²) in [6.45, 7) is 5.90. The van der Waals surface area contributed by atoms with Gasteiger partial charge in [0.05, 0.1) is 0 Å². The van der Waals surface area contributed by atoms with Crippen molar-refractivity contribution in [2.45, 2.75) is 33.2 Å². The molecule has 2 nitrogen and oxygen atoms in total. The number of carbonyl (C=O) groups is 1. The molecule has 0 saturated carbocycles. The Balaban J connectivity index is 2.67. The van der Waals surface area contributed by atoms with Crippen LogP contribution in [0.5, 0.6) is 0 Å². The lowest BCUT2D eigenvalue weighted by atomic mass is 10.1. The Morgan fingerprint density at radius 3 is 2.56 bits per heavy atom. The Morgan fingerprint density at radius 2 is 2.00 bits per heavy atom. The van der Waals surface area contributed by atoms with Crippen molar-refractivity contribution in [3.63, 3.8) is 0 Å². The molecule has 1 atom stereocenters. The molecule has 1 N–H and O–H groups in total. The Labute approximate surface area is 97.4 Å². The second-order valence-electron chi connectivity index (χ2n) is 4.02. The third-order valence-corrected chi connectivity index (χ3v) is 2.53. The molecule has 0 fully saturated rings. The zero-order valence-corrected chi connectivity index (χ0v) is 10.2. The Hall–Kier alpha value is -1.57. The van der Waals surface area contributed by atoms with Crippen molar-refractivity contribution >= 4 is 12.0 Å². The zero-order chi connectivity index (χ0) is 12.0. The quantitative estimate of drug-likeness (QED) is 0.772. The molecule has 0 heterocycles. The molecule has 0 spiro atoms. The van der Waals surface area contributed by atoms with Gasteiger partial charge in [0.1, 0.15) is 0 Å². The molecule has 16 heavy (non-hydrogen) atoms. The molecule has 1 amide bonds. The Bertz CT molecular complexity index is 368. The van der Waals surface area contributed by atoms with E-state index >= 15 is 0 Å². The van der Waals surface area contributed by atoms with Crippen molar-refractivity contribution in [1.82, 2.24) is 5.32 Å². The van der Waals surface area contributed by atoms with E-state index in [0.29, 0.717) is 0 Å². The van der Waals surface area contributed by atoms with Crippen LogP contribution in [-0.4, -0.2) is 11.9 Å². The number of rotatable bonds is 4. The van der Waals surface area contributed by atoms with Crippen LogP contribution in [0.2, 0.25) is 0 Å². The summed E-state index contributed by atoms with van der Waals surface area (Å²) >= 11 is 0. The summed E-state index contributed by atoms with van der Waals surface area (Å²) in [7, 11) is 0. The molecule has 0 aliphatic heterocycles. The van der Waals surface area contributed by atoms with Crippen molar-refractivity contribution < 1.29 is 4.79 Å². The predicted molar refractivity (Wildman–Crippen MR) is 68.0 cm³/mol. The molecule has 1 unspecified atom stereocenters. The van der Waals surface area contributed by atoms with Crippen molar-refractivity contribution in [3.8, 4) is 0 Å². The smallest absolute Gasteiger partial charge is 0.247 e. The average Bonchev–Trinajstić information content (AvgIpc) is 2.30. The standard InChI is InChI=1S/C14H19NO/c1-4-12(3)15-14(16)11(2)10-13-8-6-5-7-9-13/h5-10,12H,4H2,1-3H3,(H,15,16)/b11-10+. The normalized spacial score (nSPS) is 13.3. The van der Waals surface area contributed by atoms with Gasteiger partial charge in [0.2, 0.25) is 5.91 Å². The van der Waals surface area contributed by atoms with Crippen molar-refractivity contribution in [3.05, 3.63) is 41.5 Å². The lowest BCUT2D eigenvalue weighted by Crippen LogP contribution is -2.32. The van der Waals surface area contributed by atoms with E-state index in [9.17, 15) is 4.79 Å². The van der Waals surface area contributed by atoms with E-state index in [-0.39, 0.29) is 11.9 Å². The van der Waals surface area contributed by atoms with Gasteiger partial charge in [-0.2, -0.15) is 0 Å². The number of benzene rings is 1. The van der Waals surface area contributed by atoms with Gasteiger partial charge >= 0.3 is 0 Å². The van der Waals surface area contributed by atoms with Crippen LogP contribution in [0.25, 0.3) is 6.08 Å². The minimum absolute atomic E-state index is 0.0122. The lowest BCUT2D eigenvalue weighted by molar-refractivity contribution is -0.117. The van der Waals surface area contributed by atoms with Gasteiger partial charge in [-0.15, -0.1) is 0 Å². The van der Waals surface area contributed by atoms with Crippen molar-refractivity contribution in [2.75, 3.05) is 0 Å². The van der Waals surface area contributed by atoms with Gasteiger partial charge in [-0.25, -0.2) is 0 Å². The first-order valence-electron chi connectivity index (χ1n) is 5.67. The minimum atomic E-state index is 0.0122. The summed E-state index contributed by atoms with van der Waals surface area (Å²) in [5.41, 5.74) is 1.80. The number of amides is 1. The van der Waals surface area contributed by atoms with Crippen LogP contribution in [0.1, 0.15) is 32.8 Å². The second kappa shape index (κ2) is 6.11. The number of hydrogen-bond acceptors (Lipinski definition) is 1. The highest BCUT2D eigenvalue weighted by Crippen LogP contribution is 2.06. The Kier molecular flexibility index (Phi) is 4.77. The van der Waals surface area contributed by atoms with Gasteiger partial charge < -0.3 is 5.32 Å². The molecular weight excluding hydrogens is 198 g/mol. The molecule has 2 heteroatoms. The average molecular weight is 217 g/mol. The van der Waals surface area contributed by atoms with Crippen LogP contribution in [0.15, 0.2) is 35.9 Å². The predicted octanol–water partition coefficient (Wildman–Crippen LogP) is 3.00. The lowest BCUT2D eigenvalue weighted by Gasteiger charge is -2.11. The van der Waals surface area contributed by atoms with E-state index in [1.807, 2.05) is 50.3 Å². The van der Waals surface area contributed by atoms with Gasteiger partial charge in [-0.3, -0.25) is 4.79 Å². The maximum absolute atomic E-state index is 11.7. The first-order valence-corrected chi connectivity index (χ1v) is 5.67. The van der Waals surface area contributed by atoms with Crippen LogP contribution < -0.4 is 5.32 Å². The molecule has 0 aromatic heterocycles. The van der Waals surface area contributed by atoms with Gasteiger partial charge in [0, 0.05) is 11.6 Å². The fraction of sp³-hybridized carbons (Fsp3) is 0.357. The Morgan fingerprint density at radius 1 is 1.38 bits per heavy atom. The monoisotopic (exact) mass is 217 g/mol. The molecule has 1 rings (SSSR count). The summed E-state index contributed by atoms with van der Waals surface area (Å²) in [5.74, 6) is 0.0122. The van der Waals surface area contributed by atoms with E-state index in [1.165, 1.54) is 0 Å². The third-order valence-electron chi connectivity index (χ3n) is 2.53. The summed E-state index contributed by atoms with van der Waals surface area (Å²) in [4.78, 5) is 11.7. The van der Waals surface area contributed by atoms with Gasteiger partial charge in [-0.05, 0) is 31.9 Å². The van der Waals surface area contributed by atoms with E-state index < -0.39 is 0 Å². The van der Waals surface area contributed by atoms with Crippen LogP contribution in [-0.2, 0) is 4.79 Å². The van der Waals surface area contributed by atoms with Gasteiger partial charge in [0.15, 0.2) is 0 Å². The van der Waals surface area contributed by atoms with E-state index in [1.54, 1.807) is 0 Å². The van der Waals surface area contributed by atoms with Crippen LogP contribution in [0.4, 0.5) is 0 Å². The second-order valence-corrected chi connectivity index (χ2v) is 4.02. The van der Waals surface area contributed by atoms with E-state index in [4.69, 9.17) is 0 Å². The molecule has 1 aromatic carbocycles. The number of nitrogens with one attached hydrogen (secondary N) is 1. The summed E-state index contributed by atoms with van der Waals surface area (Å²) in [6, 6.07) is 10.1. The van der Waals surface area contributed by atoms with E-state index in [0.717, 1.165) is 17.6 Å². The third kappa shape index (κ3) is 3.89. The highest BCUT2D eigenvalue weighted by Gasteiger charge is 2.06. The zero-order valence-electron chi connectivity index (χ0n) is 10.2. The minimum Gasteiger partial charge on any atom is -0.350 e. The summed E-state index contributed by atoms with van der Waals surface area (Å²) < 4.78 is 0. The number of hydrogen-bond donors (Lipinski definition) is 1. The first-order chi connectivity index (χ1) is 7.63. The summed E-state index contributed by atoms with van der Waals surface area (Å²) in [5, 5.41) is 2.94. The first kappa shape index (κ1) is 12.5. The highest BCUT2D eigenvalue weighted by atomic mass is 16.1. The van der Waals surface area contributed by atoms with Gasteiger partial charge in [-0.1, -0.05) is 37.3 Å². The van der Waals surface area contributed by atoms with Crippen LogP contribution in [0.3, 0.4) is 0 Å². The topological polar surface area (TPSA) is 29.1 Å². The van der Waals surface area contributed by atoms with Crippen molar-refractivity contribution in [1.29, 1.82) is 0 Å². The van der Waals surface area contributed by atoms with Crippen molar-refractivity contribution in [2.24, 2.45) is 0 Å². The molecule has 0 aliphatic rings. The maximum Gasteiger partial charge on any atom is 0.247 e. The molecule has 0 bridgehead atoms. The fourth-order valence-corrected chi connectivity index (χ4v) is 1.30.